The second-order valence-electron chi connectivity index (χ2n) is 4.95. The molecular weight excluding hydrogens is 252 g/mol. The van der Waals surface area contributed by atoms with E-state index in [0.717, 1.165) is 17.9 Å². The van der Waals surface area contributed by atoms with E-state index < -0.39 is 0 Å². The van der Waals surface area contributed by atoms with Crippen LogP contribution in [0.5, 0.6) is 5.75 Å². The molecule has 0 spiro atoms. The first-order valence-electron chi connectivity index (χ1n) is 6.72. The summed E-state index contributed by atoms with van der Waals surface area (Å²) in [5, 5.41) is 3.36. The summed E-state index contributed by atoms with van der Waals surface area (Å²) in [7, 11) is 1.63. The molecule has 2 rings (SSSR count). The van der Waals surface area contributed by atoms with E-state index in [1.165, 1.54) is 0 Å². The van der Waals surface area contributed by atoms with E-state index in [9.17, 15) is 0 Å². The summed E-state index contributed by atoms with van der Waals surface area (Å²) in [6, 6.07) is 5.69. The fourth-order valence-electron chi connectivity index (χ4n) is 1.80. The van der Waals surface area contributed by atoms with Crippen molar-refractivity contribution in [2.24, 2.45) is 5.92 Å². The molecule has 5 heteroatoms. The highest BCUT2D eigenvalue weighted by molar-refractivity contribution is 5.49. The topological polar surface area (TPSA) is 59.9 Å². The molecule has 0 radical (unpaired) electrons. The first kappa shape index (κ1) is 14.4. The van der Waals surface area contributed by atoms with Gasteiger partial charge in [-0.05, 0) is 24.6 Å². The van der Waals surface area contributed by atoms with Crippen molar-refractivity contribution in [2.45, 2.75) is 20.4 Å². The number of hydrogen-bond donors (Lipinski definition) is 1. The van der Waals surface area contributed by atoms with Crippen LogP contribution in [0.1, 0.15) is 19.5 Å². The van der Waals surface area contributed by atoms with Gasteiger partial charge in [-0.15, -0.1) is 0 Å². The van der Waals surface area contributed by atoms with Crippen LogP contribution in [0.3, 0.4) is 0 Å². The molecular formula is C15H20N4O. The summed E-state index contributed by atoms with van der Waals surface area (Å²) in [5.41, 5.74) is 1.61. The fourth-order valence-corrected chi connectivity index (χ4v) is 1.80. The number of methoxy groups -OCH3 is 1. The third-order valence-corrected chi connectivity index (χ3v) is 2.79. The van der Waals surface area contributed by atoms with Gasteiger partial charge in [0.15, 0.2) is 11.6 Å². The maximum atomic E-state index is 5.31. The molecule has 0 unspecified atom stereocenters. The smallest absolute Gasteiger partial charge is 0.178 e. The Morgan fingerprint density at radius 2 is 2.10 bits per heavy atom. The third-order valence-electron chi connectivity index (χ3n) is 2.79. The van der Waals surface area contributed by atoms with Crippen molar-refractivity contribution in [1.82, 2.24) is 20.3 Å². The number of pyridine rings is 1. The number of hydrogen-bond acceptors (Lipinski definition) is 5. The van der Waals surface area contributed by atoms with E-state index in [4.69, 9.17) is 4.74 Å². The van der Waals surface area contributed by atoms with Crippen molar-refractivity contribution in [3.63, 3.8) is 0 Å². The maximum Gasteiger partial charge on any atom is 0.178 e. The molecule has 0 aliphatic rings. The normalized spacial score (nSPS) is 10.8. The quantitative estimate of drug-likeness (QED) is 0.874. The Hall–Kier alpha value is -2.01. The Balaban J connectivity index is 2.20. The van der Waals surface area contributed by atoms with Gasteiger partial charge < -0.3 is 10.1 Å². The van der Waals surface area contributed by atoms with Crippen LogP contribution in [-0.2, 0) is 6.54 Å². The lowest BCUT2D eigenvalue weighted by Crippen LogP contribution is -2.20. The molecule has 2 aromatic rings. The fraction of sp³-hybridized carbons (Fsp3) is 0.400. The summed E-state index contributed by atoms with van der Waals surface area (Å²) in [6.07, 6.45) is 3.43. The molecule has 106 valence electrons. The zero-order valence-electron chi connectivity index (χ0n) is 12.1. The third kappa shape index (κ3) is 3.74. The van der Waals surface area contributed by atoms with E-state index in [-0.39, 0.29) is 0 Å². The van der Waals surface area contributed by atoms with Crippen LogP contribution >= 0.6 is 0 Å². The van der Waals surface area contributed by atoms with Crippen molar-refractivity contribution < 1.29 is 4.74 Å². The van der Waals surface area contributed by atoms with E-state index in [1.807, 2.05) is 18.2 Å². The van der Waals surface area contributed by atoms with Crippen molar-refractivity contribution >= 4 is 0 Å². The minimum Gasteiger partial charge on any atom is -0.493 e. The van der Waals surface area contributed by atoms with Crippen molar-refractivity contribution in [3.05, 3.63) is 36.3 Å². The van der Waals surface area contributed by atoms with Crippen LogP contribution in [0.15, 0.2) is 30.6 Å². The molecule has 2 aromatic heterocycles. The van der Waals surface area contributed by atoms with Crippen LogP contribution in [0, 0.1) is 5.92 Å². The van der Waals surface area contributed by atoms with Gasteiger partial charge in [0, 0.05) is 12.7 Å². The van der Waals surface area contributed by atoms with Gasteiger partial charge in [0.25, 0.3) is 0 Å². The Kier molecular flexibility index (Phi) is 5.01. The first-order chi connectivity index (χ1) is 9.70. The molecule has 0 aromatic carbocycles. The Morgan fingerprint density at radius 3 is 2.75 bits per heavy atom. The standard InChI is InChI=1S/C15H20N4O/c1-11(2)8-16-9-13-14(20-3)10-18-15(19-13)12-6-4-5-7-17-12/h4-7,10-11,16H,8-9H2,1-3H3. The molecule has 5 nitrogen and oxygen atoms in total. The van der Waals surface area contributed by atoms with Gasteiger partial charge in [-0.25, -0.2) is 9.97 Å². The van der Waals surface area contributed by atoms with Gasteiger partial charge in [-0.3, -0.25) is 4.98 Å². The predicted octanol–water partition coefficient (Wildman–Crippen LogP) is 2.29. The van der Waals surface area contributed by atoms with Gasteiger partial charge in [0.2, 0.25) is 0 Å². The highest BCUT2D eigenvalue weighted by Gasteiger charge is 2.09. The van der Waals surface area contributed by atoms with Crippen LogP contribution in [0.4, 0.5) is 0 Å². The predicted molar refractivity (Wildman–Crippen MR) is 78.4 cm³/mol. The average Bonchev–Trinajstić information content (AvgIpc) is 2.47. The molecule has 0 bridgehead atoms. The lowest BCUT2D eigenvalue weighted by Gasteiger charge is -2.11. The Bertz CT molecular complexity index is 543. The highest BCUT2D eigenvalue weighted by Crippen LogP contribution is 2.18. The molecule has 20 heavy (non-hydrogen) atoms. The average molecular weight is 272 g/mol. The summed E-state index contributed by atoms with van der Waals surface area (Å²) < 4.78 is 5.31. The summed E-state index contributed by atoms with van der Waals surface area (Å²) in [4.78, 5) is 13.1. The van der Waals surface area contributed by atoms with Crippen LogP contribution < -0.4 is 10.1 Å². The zero-order chi connectivity index (χ0) is 14.4. The second-order valence-corrected chi connectivity index (χ2v) is 4.95. The first-order valence-corrected chi connectivity index (χ1v) is 6.72. The lowest BCUT2D eigenvalue weighted by atomic mass is 10.2. The molecule has 0 atom stereocenters. The number of nitrogens with zero attached hydrogens (tertiary/aromatic N) is 3. The lowest BCUT2D eigenvalue weighted by molar-refractivity contribution is 0.401. The molecule has 0 saturated heterocycles. The van der Waals surface area contributed by atoms with Crippen molar-refractivity contribution in [3.8, 4) is 17.3 Å². The van der Waals surface area contributed by atoms with E-state index >= 15 is 0 Å². The SMILES string of the molecule is COc1cnc(-c2ccccn2)nc1CNCC(C)C. The number of rotatable bonds is 6. The molecule has 0 saturated carbocycles. The van der Waals surface area contributed by atoms with Gasteiger partial charge in [0.05, 0.1) is 13.3 Å². The van der Waals surface area contributed by atoms with E-state index in [2.05, 4.69) is 34.1 Å². The summed E-state index contributed by atoms with van der Waals surface area (Å²) in [6.45, 7) is 5.93. The van der Waals surface area contributed by atoms with Crippen LogP contribution in [0.2, 0.25) is 0 Å². The molecule has 2 heterocycles. The number of aromatic nitrogens is 3. The minimum atomic E-state index is 0.595. The number of ether oxygens (including phenoxy) is 1. The van der Waals surface area contributed by atoms with Gasteiger partial charge in [0.1, 0.15) is 11.4 Å². The molecule has 1 N–H and O–H groups in total. The maximum absolute atomic E-state index is 5.31. The molecule has 0 aliphatic carbocycles. The van der Waals surface area contributed by atoms with E-state index in [1.54, 1.807) is 19.5 Å². The summed E-state index contributed by atoms with van der Waals surface area (Å²) >= 11 is 0. The van der Waals surface area contributed by atoms with Gasteiger partial charge in [-0.1, -0.05) is 19.9 Å². The summed E-state index contributed by atoms with van der Waals surface area (Å²) in [5.74, 6) is 1.91. The van der Waals surface area contributed by atoms with Crippen molar-refractivity contribution in [2.75, 3.05) is 13.7 Å². The van der Waals surface area contributed by atoms with E-state index in [0.29, 0.717) is 24.0 Å². The highest BCUT2D eigenvalue weighted by atomic mass is 16.5. The van der Waals surface area contributed by atoms with Gasteiger partial charge >= 0.3 is 0 Å². The Labute approximate surface area is 119 Å². The van der Waals surface area contributed by atoms with Crippen molar-refractivity contribution in [1.29, 1.82) is 0 Å². The molecule has 0 aliphatic heterocycles. The van der Waals surface area contributed by atoms with Gasteiger partial charge in [-0.2, -0.15) is 0 Å². The zero-order valence-corrected chi connectivity index (χ0v) is 12.1. The number of nitrogens with one attached hydrogen (secondary N) is 1. The molecule has 0 amide bonds. The Morgan fingerprint density at radius 1 is 1.25 bits per heavy atom. The van der Waals surface area contributed by atoms with Crippen LogP contribution in [0.25, 0.3) is 11.5 Å². The minimum absolute atomic E-state index is 0.595. The monoisotopic (exact) mass is 272 g/mol. The second kappa shape index (κ2) is 6.96. The largest absolute Gasteiger partial charge is 0.493 e. The van der Waals surface area contributed by atoms with Crippen LogP contribution in [-0.4, -0.2) is 28.6 Å². The molecule has 0 fully saturated rings.